The molecule has 0 aromatic rings. The lowest BCUT2D eigenvalue weighted by molar-refractivity contribution is 0.0410. The SMILES string of the molecule is CCC(CCC(C)OC)C(C)(C)C1CCCC(C)CC1C. The van der Waals surface area contributed by atoms with Crippen LogP contribution in [0.1, 0.15) is 86.5 Å². The van der Waals surface area contributed by atoms with Gasteiger partial charge >= 0.3 is 0 Å². The van der Waals surface area contributed by atoms with Crippen LogP contribution >= 0.6 is 0 Å². The van der Waals surface area contributed by atoms with Crippen molar-refractivity contribution in [2.75, 3.05) is 7.11 Å². The van der Waals surface area contributed by atoms with E-state index < -0.39 is 0 Å². The van der Waals surface area contributed by atoms with Gasteiger partial charge in [0.1, 0.15) is 0 Å². The zero-order chi connectivity index (χ0) is 16.0. The molecule has 0 aromatic heterocycles. The zero-order valence-corrected chi connectivity index (χ0v) is 15.7. The predicted molar refractivity (Wildman–Crippen MR) is 93.6 cm³/mol. The van der Waals surface area contributed by atoms with E-state index in [9.17, 15) is 0 Å². The molecule has 1 nitrogen and oxygen atoms in total. The summed E-state index contributed by atoms with van der Waals surface area (Å²) in [5, 5.41) is 0. The van der Waals surface area contributed by atoms with Gasteiger partial charge in [0.25, 0.3) is 0 Å². The molecule has 126 valence electrons. The highest BCUT2D eigenvalue weighted by molar-refractivity contribution is 4.89. The van der Waals surface area contributed by atoms with Crippen molar-refractivity contribution in [1.82, 2.24) is 0 Å². The Morgan fingerprint density at radius 1 is 1.14 bits per heavy atom. The van der Waals surface area contributed by atoms with Crippen LogP contribution in [0, 0.1) is 29.1 Å². The second-order valence-corrected chi connectivity index (χ2v) is 8.41. The molecule has 0 amide bonds. The number of methoxy groups -OCH3 is 1. The first kappa shape index (κ1) is 19.0. The topological polar surface area (TPSA) is 9.23 Å². The minimum Gasteiger partial charge on any atom is -0.382 e. The molecule has 0 spiro atoms. The summed E-state index contributed by atoms with van der Waals surface area (Å²) in [6.45, 7) is 14.7. The van der Waals surface area contributed by atoms with Crippen molar-refractivity contribution in [2.24, 2.45) is 29.1 Å². The molecule has 5 atom stereocenters. The first-order valence-corrected chi connectivity index (χ1v) is 9.35. The minimum atomic E-state index is 0.404. The molecule has 1 rings (SSSR count). The summed E-state index contributed by atoms with van der Waals surface area (Å²) in [6, 6.07) is 0. The van der Waals surface area contributed by atoms with E-state index in [4.69, 9.17) is 4.74 Å². The molecule has 0 heterocycles. The van der Waals surface area contributed by atoms with Crippen LogP contribution in [0.5, 0.6) is 0 Å². The molecule has 0 radical (unpaired) electrons. The third-order valence-electron chi connectivity index (χ3n) is 6.50. The van der Waals surface area contributed by atoms with Crippen molar-refractivity contribution in [3.05, 3.63) is 0 Å². The minimum absolute atomic E-state index is 0.404. The van der Waals surface area contributed by atoms with Crippen molar-refractivity contribution in [3.8, 4) is 0 Å². The first-order chi connectivity index (χ1) is 9.82. The average molecular weight is 297 g/mol. The Morgan fingerprint density at radius 3 is 2.38 bits per heavy atom. The molecule has 1 aliphatic rings. The number of rotatable bonds is 7. The van der Waals surface area contributed by atoms with Crippen LogP contribution in [-0.2, 0) is 4.74 Å². The second kappa shape index (κ2) is 8.56. The summed E-state index contributed by atoms with van der Waals surface area (Å²) in [6.07, 6.45) is 9.98. The van der Waals surface area contributed by atoms with E-state index >= 15 is 0 Å². The van der Waals surface area contributed by atoms with Crippen LogP contribution in [0.4, 0.5) is 0 Å². The van der Waals surface area contributed by atoms with Gasteiger partial charge in [-0.05, 0) is 61.7 Å². The summed E-state index contributed by atoms with van der Waals surface area (Å²) >= 11 is 0. The lowest BCUT2D eigenvalue weighted by Gasteiger charge is -2.44. The molecule has 1 fully saturated rings. The second-order valence-electron chi connectivity index (χ2n) is 8.41. The lowest BCUT2D eigenvalue weighted by atomic mass is 9.61. The highest BCUT2D eigenvalue weighted by atomic mass is 16.5. The van der Waals surface area contributed by atoms with Gasteiger partial charge in [0.05, 0.1) is 6.10 Å². The summed E-state index contributed by atoms with van der Waals surface area (Å²) in [4.78, 5) is 0. The van der Waals surface area contributed by atoms with E-state index in [0.717, 1.165) is 23.7 Å². The van der Waals surface area contributed by atoms with E-state index in [2.05, 4.69) is 41.5 Å². The van der Waals surface area contributed by atoms with Crippen LogP contribution in [0.25, 0.3) is 0 Å². The van der Waals surface area contributed by atoms with Crippen LogP contribution in [0.3, 0.4) is 0 Å². The fraction of sp³-hybridized carbons (Fsp3) is 1.00. The Labute approximate surface area is 134 Å². The van der Waals surface area contributed by atoms with Gasteiger partial charge in [0.2, 0.25) is 0 Å². The molecule has 0 bridgehead atoms. The van der Waals surface area contributed by atoms with Gasteiger partial charge in [0.15, 0.2) is 0 Å². The summed E-state index contributed by atoms with van der Waals surface area (Å²) < 4.78 is 5.46. The zero-order valence-electron chi connectivity index (χ0n) is 15.7. The number of ether oxygens (including phenoxy) is 1. The quantitative estimate of drug-likeness (QED) is 0.500. The average Bonchev–Trinajstić information content (AvgIpc) is 2.59. The standard InChI is InChI=1S/C20H40O/c1-8-18(13-12-17(4)21-7)20(5,6)19-11-9-10-15(2)14-16(19)3/h15-19H,8-14H2,1-7H3. The molecule has 5 unspecified atom stereocenters. The molecule has 21 heavy (non-hydrogen) atoms. The van der Waals surface area contributed by atoms with Gasteiger partial charge in [-0.3, -0.25) is 0 Å². The van der Waals surface area contributed by atoms with Crippen LogP contribution in [0.2, 0.25) is 0 Å². The van der Waals surface area contributed by atoms with Crippen molar-refractivity contribution in [1.29, 1.82) is 0 Å². The maximum atomic E-state index is 5.46. The number of hydrogen-bond acceptors (Lipinski definition) is 1. The van der Waals surface area contributed by atoms with E-state index in [-0.39, 0.29) is 0 Å². The lowest BCUT2D eigenvalue weighted by Crippen LogP contribution is -2.36. The van der Waals surface area contributed by atoms with Crippen molar-refractivity contribution >= 4 is 0 Å². The molecular formula is C20H40O. The van der Waals surface area contributed by atoms with Crippen molar-refractivity contribution in [2.45, 2.75) is 92.6 Å². The summed E-state index contributed by atoms with van der Waals surface area (Å²) in [5.41, 5.74) is 0.464. The van der Waals surface area contributed by atoms with Gasteiger partial charge in [-0.15, -0.1) is 0 Å². The van der Waals surface area contributed by atoms with Gasteiger partial charge in [-0.25, -0.2) is 0 Å². The van der Waals surface area contributed by atoms with E-state index in [0.29, 0.717) is 11.5 Å². The Morgan fingerprint density at radius 2 is 1.81 bits per heavy atom. The van der Waals surface area contributed by atoms with Gasteiger partial charge < -0.3 is 4.74 Å². The molecule has 0 aromatic carbocycles. The molecular weight excluding hydrogens is 256 g/mol. The van der Waals surface area contributed by atoms with Gasteiger partial charge in [-0.2, -0.15) is 0 Å². The van der Waals surface area contributed by atoms with E-state index in [1.54, 1.807) is 0 Å². The van der Waals surface area contributed by atoms with E-state index in [1.165, 1.54) is 44.9 Å². The normalized spacial score (nSPS) is 30.7. The molecule has 1 saturated carbocycles. The third kappa shape index (κ3) is 5.27. The maximum absolute atomic E-state index is 5.46. The smallest absolute Gasteiger partial charge is 0.0543 e. The predicted octanol–water partition coefficient (Wildman–Crippen LogP) is 6.32. The molecule has 0 aliphatic heterocycles. The van der Waals surface area contributed by atoms with Crippen LogP contribution < -0.4 is 0 Å². The monoisotopic (exact) mass is 296 g/mol. The fourth-order valence-electron chi connectivity index (χ4n) is 4.95. The van der Waals surface area contributed by atoms with Crippen molar-refractivity contribution in [3.63, 3.8) is 0 Å². The first-order valence-electron chi connectivity index (χ1n) is 9.35. The Bertz CT molecular complexity index is 284. The van der Waals surface area contributed by atoms with Crippen molar-refractivity contribution < 1.29 is 4.74 Å². The Kier molecular flexibility index (Phi) is 7.74. The highest BCUT2D eigenvalue weighted by Gasteiger charge is 2.39. The van der Waals surface area contributed by atoms with Crippen LogP contribution in [-0.4, -0.2) is 13.2 Å². The summed E-state index contributed by atoms with van der Waals surface area (Å²) in [7, 11) is 1.84. The Balaban J connectivity index is 2.74. The summed E-state index contributed by atoms with van der Waals surface area (Å²) in [5.74, 6) is 3.53. The molecule has 1 aliphatic carbocycles. The largest absolute Gasteiger partial charge is 0.382 e. The van der Waals surface area contributed by atoms with Crippen LogP contribution in [0.15, 0.2) is 0 Å². The van der Waals surface area contributed by atoms with Gasteiger partial charge in [0, 0.05) is 7.11 Å². The third-order valence-corrected chi connectivity index (χ3v) is 6.50. The number of hydrogen-bond donors (Lipinski definition) is 0. The molecule has 0 N–H and O–H groups in total. The van der Waals surface area contributed by atoms with Gasteiger partial charge in [-0.1, -0.05) is 53.9 Å². The maximum Gasteiger partial charge on any atom is 0.0543 e. The molecule has 0 saturated heterocycles. The fourth-order valence-corrected chi connectivity index (χ4v) is 4.95. The highest BCUT2D eigenvalue weighted by Crippen LogP contribution is 2.48. The Hall–Kier alpha value is -0.0400. The molecule has 1 heteroatoms. The van der Waals surface area contributed by atoms with E-state index in [1.807, 2.05) is 7.11 Å².